The van der Waals surface area contributed by atoms with Crippen LogP contribution in [0.1, 0.15) is 123 Å². The van der Waals surface area contributed by atoms with Gasteiger partial charge in [-0.05, 0) is 64.2 Å². The Kier molecular flexibility index (Phi) is 34.1. The Morgan fingerprint density at radius 2 is 1.11 bits per heavy atom. The van der Waals surface area contributed by atoms with Crippen molar-refractivity contribution < 1.29 is 42.9 Å². The number of allylic oxidation sites excluding steroid dienone is 13. The zero-order chi connectivity index (χ0) is 40.0. The molecule has 54 heavy (non-hydrogen) atoms. The molecular weight excluding hydrogens is 682 g/mol. The van der Waals surface area contributed by atoms with Crippen molar-refractivity contribution in [2.24, 2.45) is 0 Å². The third-order valence-electron chi connectivity index (χ3n) is 7.91. The van der Waals surface area contributed by atoms with Crippen molar-refractivity contribution in [1.82, 2.24) is 0 Å². The Balaban J connectivity index is 4.70. The molecule has 0 heterocycles. The topological polar surface area (TPSA) is 111 Å². The summed E-state index contributed by atoms with van der Waals surface area (Å²) in [6.45, 7) is 4.41. The molecule has 306 valence electrons. The molecule has 0 aromatic carbocycles. The van der Waals surface area contributed by atoms with Gasteiger partial charge in [0.25, 0.3) is 0 Å². The van der Waals surface area contributed by atoms with Gasteiger partial charge in [0.1, 0.15) is 13.2 Å². The summed E-state index contributed by atoms with van der Waals surface area (Å²) in [7, 11) is 5.86. The lowest BCUT2D eigenvalue weighted by molar-refractivity contribution is -0.870. The number of ether oxygens (including phenoxy) is 4. The minimum absolute atomic E-state index is 0.00771. The average molecular weight is 756 g/mol. The number of carbonyl (C=O) groups excluding carboxylic acids is 3. The van der Waals surface area contributed by atoms with Crippen LogP contribution in [0, 0.1) is 0 Å². The van der Waals surface area contributed by atoms with Crippen LogP contribution in [-0.4, -0.2) is 82.3 Å². The number of quaternary nitrogens is 1. The Morgan fingerprint density at radius 1 is 0.593 bits per heavy atom. The SMILES string of the molecule is CC/C=C\C/C=C\C/C=C\C/C=C\C/C=C\CC(=O)OC(COC(=O)CCCCCCC/C=C\C/C=C\CCCC)COC(OCC[N+](C)(C)C)C(=O)[O-]. The largest absolute Gasteiger partial charge is 0.545 e. The average Bonchev–Trinajstić information content (AvgIpc) is 3.12. The zero-order valence-electron chi connectivity index (χ0n) is 34.3. The molecule has 0 aromatic heterocycles. The van der Waals surface area contributed by atoms with Crippen molar-refractivity contribution in [2.75, 3.05) is 47.5 Å². The molecule has 0 aliphatic carbocycles. The molecule has 0 spiro atoms. The summed E-state index contributed by atoms with van der Waals surface area (Å²) in [5.74, 6) is -2.49. The lowest BCUT2D eigenvalue weighted by Gasteiger charge is -2.26. The Labute approximate surface area is 328 Å². The van der Waals surface area contributed by atoms with Gasteiger partial charge in [0, 0.05) is 6.42 Å². The molecule has 0 radical (unpaired) electrons. The van der Waals surface area contributed by atoms with Crippen LogP contribution in [0.2, 0.25) is 0 Å². The van der Waals surface area contributed by atoms with E-state index in [1.165, 1.54) is 12.8 Å². The van der Waals surface area contributed by atoms with Crippen LogP contribution in [0.3, 0.4) is 0 Å². The van der Waals surface area contributed by atoms with E-state index in [9.17, 15) is 19.5 Å². The van der Waals surface area contributed by atoms with E-state index in [1.54, 1.807) is 6.08 Å². The third-order valence-corrected chi connectivity index (χ3v) is 7.91. The predicted octanol–water partition coefficient (Wildman–Crippen LogP) is 8.82. The van der Waals surface area contributed by atoms with Gasteiger partial charge in [-0.1, -0.05) is 131 Å². The van der Waals surface area contributed by atoms with Crippen LogP contribution >= 0.6 is 0 Å². The van der Waals surface area contributed by atoms with Crippen LogP contribution in [0.25, 0.3) is 0 Å². The van der Waals surface area contributed by atoms with E-state index in [4.69, 9.17) is 18.9 Å². The lowest BCUT2D eigenvalue weighted by atomic mass is 10.1. The van der Waals surface area contributed by atoms with Crippen LogP contribution in [0.15, 0.2) is 85.1 Å². The zero-order valence-corrected chi connectivity index (χ0v) is 34.3. The van der Waals surface area contributed by atoms with Gasteiger partial charge >= 0.3 is 11.9 Å². The van der Waals surface area contributed by atoms with Gasteiger partial charge in [-0.25, -0.2) is 0 Å². The van der Waals surface area contributed by atoms with Gasteiger partial charge < -0.3 is 33.3 Å². The molecule has 2 atom stereocenters. The molecule has 9 nitrogen and oxygen atoms in total. The molecule has 0 aromatic rings. The van der Waals surface area contributed by atoms with Crippen LogP contribution in [0.4, 0.5) is 0 Å². The second-order valence-corrected chi connectivity index (χ2v) is 14.2. The highest BCUT2D eigenvalue weighted by Crippen LogP contribution is 2.10. The van der Waals surface area contributed by atoms with E-state index in [2.05, 4.69) is 80.7 Å². The molecule has 0 saturated carbocycles. The normalized spacial score (nSPS) is 13.9. The predicted molar refractivity (Wildman–Crippen MR) is 218 cm³/mol. The van der Waals surface area contributed by atoms with Gasteiger partial charge in [0.15, 0.2) is 12.4 Å². The van der Waals surface area contributed by atoms with Crippen molar-refractivity contribution in [3.63, 3.8) is 0 Å². The first-order valence-electron chi connectivity index (χ1n) is 20.2. The van der Waals surface area contributed by atoms with Crippen LogP contribution in [-0.2, 0) is 33.3 Å². The van der Waals surface area contributed by atoms with Crippen molar-refractivity contribution in [2.45, 2.75) is 135 Å². The number of rotatable bonds is 35. The van der Waals surface area contributed by atoms with Crippen LogP contribution < -0.4 is 5.11 Å². The highest BCUT2D eigenvalue weighted by molar-refractivity contribution is 5.71. The minimum atomic E-state index is -1.65. The van der Waals surface area contributed by atoms with Crippen molar-refractivity contribution in [3.05, 3.63) is 85.1 Å². The molecule has 0 aliphatic rings. The fraction of sp³-hybridized carbons (Fsp3) is 0.622. The quantitative estimate of drug-likeness (QED) is 0.0208. The molecule has 0 amide bonds. The van der Waals surface area contributed by atoms with Crippen molar-refractivity contribution in [3.8, 4) is 0 Å². The highest BCUT2D eigenvalue weighted by atomic mass is 16.7. The number of nitrogens with zero attached hydrogens (tertiary/aromatic N) is 1. The lowest BCUT2D eigenvalue weighted by Crippen LogP contribution is -2.44. The summed E-state index contributed by atoms with van der Waals surface area (Å²) in [6.07, 6.45) is 42.2. The van der Waals surface area contributed by atoms with E-state index in [1.807, 2.05) is 33.3 Å². The second-order valence-electron chi connectivity index (χ2n) is 14.2. The van der Waals surface area contributed by atoms with E-state index in [-0.39, 0.29) is 32.7 Å². The fourth-order valence-electron chi connectivity index (χ4n) is 4.74. The number of carbonyl (C=O) groups is 3. The first-order valence-corrected chi connectivity index (χ1v) is 20.2. The molecule has 0 N–H and O–H groups in total. The van der Waals surface area contributed by atoms with Gasteiger partial charge in [-0.15, -0.1) is 0 Å². The maximum Gasteiger partial charge on any atom is 0.310 e. The number of aliphatic carboxylic acids is 1. The maximum atomic E-state index is 12.6. The van der Waals surface area contributed by atoms with Gasteiger partial charge in [0.2, 0.25) is 0 Å². The summed E-state index contributed by atoms with van der Waals surface area (Å²) < 4.78 is 22.3. The van der Waals surface area contributed by atoms with E-state index in [0.29, 0.717) is 23.9 Å². The number of likely N-dealkylation sites (N-methyl/N-ethyl adjacent to an activating group) is 1. The molecule has 0 saturated heterocycles. The highest BCUT2D eigenvalue weighted by Gasteiger charge is 2.21. The molecule has 2 unspecified atom stereocenters. The van der Waals surface area contributed by atoms with E-state index in [0.717, 1.165) is 70.6 Å². The fourth-order valence-corrected chi connectivity index (χ4v) is 4.74. The Morgan fingerprint density at radius 3 is 1.67 bits per heavy atom. The molecule has 0 aliphatic heterocycles. The summed E-state index contributed by atoms with van der Waals surface area (Å²) in [4.78, 5) is 36.8. The molecule has 9 heteroatoms. The molecule has 0 rings (SSSR count). The summed E-state index contributed by atoms with van der Waals surface area (Å²) in [6, 6.07) is 0. The first kappa shape index (κ1) is 50.5. The number of esters is 2. The van der Waals surface area contributed by atoms with Crippen LogP contribution in [0.5, 0.6) is 0 Å². The minimum Gasteiger partial charge on any atom is -0.545 e. The maximum absolute atomic E-state index is 12.6. The van der Waals surface area contributed by atoms with E-state index < -0.39 is 30.3 Å². The molecular formula is C45H73NO8. The van der Waals surface area contributed by atoms with E-state index >= 15 is 0 Å². The van der Waals surface area contributed by atoms with Gasteiger partial charge in [-0.3, -0.25) is 9.59 Å². The molecule has 0 fully saturated rings. The van der Waals surface area contributed by atoms with Gasteiger partial charge in [-0.2, -0.15) is 0 Å². The first-order chi connectivity index (χ1) is 26.1. The summed E-state index contributed by atoms with van der Waals surface area (Å²) >= 11 is 0. The monoisotopic (exact) mass is 756 g/mol. The summed E-state index contributed by atoms with van der Waals surface area (Å²) in [5, 5.41) is 11.6. The van der Waals surface area contributed by atoms with Crippen molar-refractivity contribution >= 4 is 17.9 Å². The van der Waals surface area contributed by atoms with Crippen molar-refractivity contribution in [1.29, 1.82) is 0 Å². The third kappa shape index (κ3) is 36.8. The standard InChI is InChI=1S/C45H73NO8/c1-6-8-10-12-14-16-18-20-22-24-26-28-30-32-34-36-43(48)54-41(40-53-45(44(49)50)51-38-37-46(3,4)5)39-52-42(47)35-33-31-29-27-25-23-21-19-17-15-13-11-9-7-2/h8,10,13-16,19-22,26,28,32,34,41,45H,6-7,9,11-12,17-18,23-25,27,29-31,33,35-40H2,1-5H3/b10-8-,15-13-,16-14-,21-19-,22-20-,28-26-,34-32-. The number of unbranched alkanes of at least 4 members (excludes halogenated alkanes) is 7. The number of carboxylic acid groups (broad SMARTS) is 1. The number of hydrogen-bond donors (Lipinski definition) is 0. The number of carboxylic acids is 1. The number of hydrogen-bond acceptors (Lipinski definition) is 8. The van der Waals surface area contributed by atoms with Gasteiger partial charge in [0.05, 0.1) is 46.7 Å². The Bertz CT molecular complexity index is 1160. The summed E-state index contributed by atoms with van der Waals surface area (Å²) in [5.41, 5.74) is 0. The second kappa shape index (κ2) is 36.4. The molecule has 0 bridgehead atoms. The smallest absolute Gasteiger partial charge is 0.310 e. The Hall–Kier alpha value is -3.53.